The Kier molecular flexibility index (Phi) is 6.57. The Bertz CT molecular complexity index is 288. The lowest BCUT2D eigenvalue weighted by molar-refractivity contribution is 0.0773. The summed E-state index contributed by atoms with van der Waals surface area (Å²) in [6.45, 7) is 4.43. The van der Waals surface area contributed by atoms with Crippen LogP contribution in [0.15, 0.2) is 12.2 Å². The summed E-state index contributed by atoms with van der Waals surface area (Å²) in [5.74, 6) is 1.28. The molecule has 2 atom stereocenters. The Morgan fingerprint density at radius 3 is 1.90 bits per heavy atom. The molecular weight excluding hydrogens is 248 g/mol. The quantitative estimate of drug-likeness (QED) is 0.720. The maximum absolute atomic E-state index is 10.4. The van der Waals surface area contributed by atoms with E-state index in [1.54, 1.807) is 0 Å². The second kappa shape index (κ2) is 8.19. The van der Waals surface area contributed by atoms with Crippen LogP contribution in [0.2, 0.25) is 0 Å². The highest BCUT2D eigenvalue weighted by molar-refractivity contribution is 5.05. The molecular formula is C18H32O2. The lowest BCUT2D eigenvalue weighted by Crippen LogP contribution is -2.28. The highest BCUT2D eigenvalue weighted by Gasteiger charge is 2.28. The van der Waals surface area contributed by atoms with Crippen molar-refractivity contribution >= 4 is 0 Å². The van der Waals surface area contributed by atoms with Crippen molar-refractivity contribution in [1.82, 2.24) is 0 Å². The van der Waals surface area contributed by atoms with E-state index >= 15 is 0 Å². The van der Waals surface area contributed by atoms with Crippen molar-refractivity contribution in [2.24, 2.45) is 17.8 Å². The van der Waals surface area contributed by atoms with Gasteiger partial charge in [0.15, 0.2) is 0 Å². The highest BCUT2D eigenvalue weighted by Crippen LogP contribution is 2.36. The van der Waals surface area contributed by atoms with Crippen LogP contribution in [0.25, 0.3) is 0 Å². The second-order valence-electron chi connectivity index (χ2n) is 7.01. The number of rotatable bonds is 6. The zero-order valence-corrected chi connectivity index (χ0v) is 12.9. The molecule has 0 saturated heterocycles. The van der Waals surface area contributed by atoms with Crippen LogP contribution in [-0.2, 0) is 0 Å². The molecule has 116 valence electrons. The summed E-state index contributed by atoms with van der Waals surface area (Å²) in [5.41, 5.74) is 1.09. The first-order valence-electron chi connectivity index (χ1n) is 8.69. The van der Waals surface area contributed by atoms with E-state index in [0.29, 0.717) is 18.3 Å². The van der Waals surface area contributed by atoms with Crippen molar-refractivity contribution in [2.45, 2.75) is 76.7 Å². The van der Waals surface area contributed by atoms with Gasteiger partial charge in [0.2, 0.25) is 0 Å². The summed E-state index contributed by atoms with van der Waals surface area (Å²) >= 11 is 0. The Labute approximate surface area is 124 Å². The van der Waals surface area contributed by atoms with E-state index in [-0.39, 0.29) is 18.6 Å². The van der Waals surface area contributed by atoms with E-state index in [1.165, 1.54) is 64.2 Å². The van der Waals surface area contributed by atoms with Crippen molar-refractivity contribution in [1.29, 1.82) is 0 Å². The average molecular weight is 280 g/mol. The van der Waals surface area contributed by atoms with Crippen LogP contribution in [-0.4, -0.2) is 22.9 Å². The lowest BCUT2D eigenvalue weighted by Gasteiger charge is -2.33. The normalized spacial score (nSPS) is 25.3. The molecule has 0 radical (unpaired) electrons. The van der Waals surface area contributed by atoms with Gasteiger partial charge in [-0.25, -0.2) is 0 Å². The molecule has 0 heterocycles. The minimum absolute atomic E-state index is 0.209. The summed E-state index contributed by atoms with van der Waals surface area (Å²) in [6.07, 6.45) is 13.0. The van der Waals surface area contributed by atoms with Crippen molar-refractivity contribution in [3.8, 4) is 0 Å². The molecule has 2 saturated carbocycles. The smallest absolute Gasteiger partial charge is 0.0605 e. The van der Waals surface area contributed by atoms with Crippen LogP contribution in [0.1, 0.15) is 70.6 Å². The van der Waals surface area contributed by atoms with Gasteiger partial charge in [0.05, 0.1) is 6.10 Å². The molecule has 0 aromatic heterocycles. The third kappa shape index (κ3) is 4.33. The second-order valence-corrected chi connectivity index (χ2v) is 7.01. The molecule has 2 N–H and O–H groups in total. The lowest BCUT2D eigenvalue weighted by atomic mass is 9.74. The van der Waals surface area contributed by atoms with Crippen LogP contribution in [0, 0.1) is 17.8 Å². The Morgan fingerprint density at radius 1 is 0.900 bits per heavy atom. The predicted octanol–water partition coefficient (Wildman–Crippen LogP) is 4.06. The summed E-state index contributed by atoms with van der Waals surface area (Å²) in [6, 6.07) is 0. The van der Waals surface area contributed by atoms with Crippen molar-refractivity contribution in [3.05, 3.63) is 12.2 Å². The van der Waals surface area contributed by atoms with Gasteiger partial charge in [-0.1, -0.05) is 50.7 Å². The van der Waals surface area contributed by atoms with Gasteiger partial charge in [-0.05, 0) is 43.9 Å². The molecule has 2 heteroatoms. The van der Waals surface area contributed by atoms with E-state index in [9.17, 15) is 10.2 Å². The SMILES string of the molecule is C=C(C[C@H](O)C1CCCCC1)[C@@H](CO)C1CCCCC1. The van der Waals surface area contributed by atoms with Gasteiger partial charge in [0.25, 0.3) is 0 Å². The van der Waals surface area contributed by atoms with E-state index in [1.807, 2.05) is 0 Å². The summed E-state index contributed by atoms with van der Waals surface area (Å²) < 4.78 is 0. The van der Waals surface area contributed by atoms with Crippen LogP contribution in [0.3, 0.4) is 0 Å². The molecule has 0 aromatic carbocycles. The summed E-state index contributed by atoms with van der Waals surface area (Å²) in [7, 11) is 0. The highest BCUT2D eigenvalue weighted by atomic mass is 16.3. The number of aliphatic hydroxyl groups excluding tert-OH is 2. The molecule has 0 bridgehead atoms. The van der Waals surface area contributed by atoms with Crippen molar-refractivity contribution < 1.29 is 10.2 Å². The van der Waals surface area contributed by atoms with Crippen LogP contribution < -0.4 is 0 Å². The number of aliphatic hydroxyl groups is 2. The zero-order valence-electron chi connectivity index (χ0n) is 12.9. The van der Waals surface area contributed by atoms with Gasteiger partial charge >= 0.3 is 0 Å². The van der Waals surface area contributed by atoms with E-state index < -0.39 is 0 Å². The first-order valence-corrected chi connectivity index (χ1v) is 8.69. The molecule has 0 spiro atoms. The molecule has 2 aliphatic carbocycles. The molecule has 0 unspecified atom stereocenters. The largest absolute Gasteiger partial charge is 0.396 e. The third-order valence-electron chi connectivity index (χ3n) is 5.61. The van der Waals surface area contributed by atoms with Gasteiger partial charge in [0, 0.05) is 12.5 Å². The van der Waals surface area contributed by atoms with Gasteiger partial charge in [-0.15, -0.1) is 0 Å². The van der Waals surface area contributed by atoms with Crippen LogP contribution >= 0.6 is 0 Å². The molecule has 2 fully saturated rings. The topological polar surface area (TPSA) is 40.5 Å². The molecule has 0 amide bonds. The molecule has 2 nitrogen and oxygen atoms in total. The monoisotopic (exact) mass is 280 g/mol. The van der Waals surface area contributed by atoms with Gasteiger partial charge in [-0.3, -0.25) is 0 Å². The predicted molar refractivity (Wildman–Crippen MR) is 83.5 cm³/mol. The maximum atomic E-state index is 10.4. The first-order chi connectivity index (χ1) is 9.72. The van der Waals surface area contributed by atoms with Crippen LogP contribution in [0.4, 0.5) is 0 Å². The molecule has 2 rings (SSSR count). The van der Waals surface area contributed by atoms with Gasteiger partial charge < -0.3 is 10.2 Å². The Morgan fingerprint density at radius 2 is 1.40 bits per heavy atom. The minimum atomic E-state index is -0.236. The summed E-state index contributed by atoms with van der Waals surface area (Å²) in [4.78, 5) is 0. The Hall–Kier alpha value is -0.340. The van der Waals surface area contributed by atoms with Gasteiger partial charge in [-0.2, -0.15) is 0 Å². The van der Waals surface area contributed by atoms with E-state index in [2.05, 4.69) is 6.58 Å². The Balaban J connectivity index is 1.84. The minimum Gasteiger partial charge on any atom is -0.396 e. The van der Waals surface area contributed by atoms with Crippen molar-refractivity contribution in [3.63, 3.8) is 0 Å². The average Bonchev–Trinajstić information content (AvgIpc) is 2.50. The number of hydrogen-bond acceptors (Lipinski definition) is 2. The third-order valence-corrected chi connectivity index (χ3v) is 5.61. The summed E-state index contributed by atoms with van der Waals surface area (Å²) in [5, 5.41) is 20.2. The maximum Gasteiger partial charge on any atom is 0.0605 e. The van der Waals surface area contributed by atoms with Crippen LogP contribution in [0.5, 0.6) is 0 Å². The van der Waals surface area contributed by atoms with E-state index in [4.69, 9.17) is 0 Å². The zero-order chi connectivity index (χ0) is 14.4. The molecule has 0 aliphatic heterocycles. The molecule has 20 heavy (non-hydrogen) atoms. The van der Waals surface area contributed by atoms with Crippen molar-refractivity contribution in [2.75, 3.05) is 6.61 Å². The molecule has 2 aliphatic rings. The fourth-order valence-electron chi connectivity index (χ4n) is 4.25. The molecule has 0 aromatic rings. The standard InChI is InChI=1S/C18H32O2/c1-14(12-18(20)16-10-6-3-7-11-16)17(13-19)15-8-4-2-5-9-15/h15-20H,1-13H2/t17-,18+/m1/s1. The fourth-order valence-corrected chi connectivity index (χ4v) is 4.25. The fraction of sp³-hybridized carbons (Fsp3) is 0.889. The van der Waals surface area contributed by atoms with E-state index in [0.717, 1.165) is 5.57 Å². The van der Waals surface area contributed by atoms with Gasteiger partial charge in [0.1, 0.15) is 0 Å². The number of hydrogen-bond donors (Lipinski definition) is 2. The first kappa shape index (κ1) is 16.0.